The number of aryl methyl sites for hydroxylation is 1. The van der Waals surface area contributed by atoms with E-state index in [4.69, 9.17) is 21.6 Å². The van der Waals surface area contributed by atoms with Gasteiger partial charge in [0, 0.05) is 31.3 Å². The van der Waals surface area contributed by atoms with Crippen LogP contribution in [-0.2, 0) is 0 Å². The van der Waals surface area contributed by atoms with Crippen LogP contribution in [0.2, 0.25) is 5.02 Å². The van der Waals surface area contributed by atoms with E-state index in [9.17, 15) is 0 Å². The van der Waals surface area contributed by atoms with E-state index in [0.29, 0.717) is 10.2 Å². The summed E-state index contributed by atoms with van der Waals surface area (Å²) in [5.41, 5.74) is 5.28. The fourth-order valence-corrected chi connectivity index (χ4v) is 5.00. The van der Waals surface area contributed by atoms with Crippen LogP contribution in [0, 0.1) is 6.92 Å². The lowest BCUT2D eigenvalue weighted by Crippen LogP contribution is -2.13. The largest absolute Gasteiger partial charge is 0.339 e. The Labute approximate surface area is 182 Å². The van der Waals surface area contributed by atoms with Gasteiger partial charge in [0.2, 0.25) is 5.13 Å². The van der Waals surface area contributed by atoms with E-state index >= 15 is 0 Å². The van der Waals surface area contributed by atoms with Crippen molar-refractivity contribution in [3.8, 4) is 11.3 Å². The van der Waals surface area contributed by atoms with Crippen molar-refractivity contribution >= 4 is 51.4 Å². The second-order valence-corrected chi connectivity index (χ2v) is 9.06. The molecule has 0 spiro atoms. The van der Waals surface area contributed by atoms with E-state index in [-0.39, 0.29) is 0 Å². The Hall–Kier alpha value is -2.60. The lowest BCUT2D eigenvalue weighted by molar-refractivity contribution is 1.33. The Morgan fingerprint density at radius 1 is 0.966 bits per heavy atom. The molecule has 0 bridgehead atoms. The Bertz CT molecular complexity index is 1230. The maximum absolute atomic E-state index is 6.23. The number of aromatic nitrogens is 1. The number of benzene rings is 3. The molecule has 6 heteroatoms. The van der Waals surface area contributed by atoms with Crippen LogP contribution in [0.15, 0.2) is 86.9 Å². The van der Waals surface area contributed by atoms with Crippen LogP contribution in [0.1, 0.15) is 11.1 Å². The Morgan fingerprint density at radius 3 is 2.66 bits per heavy atom. The zero-order valence-corrected chi connectivity index (χ0v) is 17.9. The van der Waals surface area contributed by atoms with E-state index in [1.54, 1.807) is 11.8 Å². The number of thiazole rings is 1. The SMILES string of the molecule is Cc1ccc(-c2csc(/N=C3\Nc4cc(Cl)ccc4Sc4ccccc43)n2)cc1. The minimum absolute atomic E-state index is 0.693. The van der Waals surface area contributed by atoms with Crippen LogP contribution >= 0.6 is 34.7 Å². The van der Waals surface area contributed by atoms with Gasteiger partial charge in [-0.25, -0.2) is 9.98 Å². The van der Waals surface area contributed by atoms with Crippen molar-refractivity contribution < 1.29 is 0 Å². The molecule has 1 aromatic heterocycles. The average Bonchev–Trinajstić information content (AvgIpc) is 3.13. The molecule has 0 saturated carbocycles. The van der Waals surface area contributed by atoms with Gasteiger partial charge in [0.05, 0.1) is 11.4 Å². The first-order valence-electron chi connectivity index (χ1n) is 9.11. The van der Waals surface area contributed by atoms with Crippen LogP contribution in [0.25, 0.3) is 11.3 Å². The van der Waals surface area contributed by atoms with Crippen molar-refractivity contribution in [2.75, 3.05) is 5.32 Å². The number of nitrogens with one attached hydrogen (secondary N) is 1. The van der Waals surface area contributed by atoms with E-state index in [1.807, 2.05) is 35.7 Å². The molecular formula is C23H16ClN3S2. The van der Waals surface area contributed by atoms with Crippen molar-refractivity contribution in [3.63, 3.8) is 0 Å². The van der Waals surface area contributed by atoms with E-state index in [2.05, 4.69) is 48.6 Å². The van der Waals surface area contributed by atoms with Crippen molar-refractivity contribution in [1.29, 1.82) is 0 Å². The summed E-state index contributed by atoms with van der Waals surface area (Å²) in [6.07, 6.45) is 0. The predicted molar refractivity (Wildman–Crippen MR) is 124 cm³/mol. The number of nitrogens with zero attached hydrogens (tertiary/aromatic N) is 2. The first-order valence-corrected chi connectivity index (χ1v) is 11.2. The molecular weight excluding hydrogens is 418 g/mol. The highest BCUT2D eigenvalue weighted by Gasteiger charge is 2.19. The molecule has 1 N–H and O–H groups in total. The number of fused-ring (bicyclic) bond motifs is 2. The lowest BCUT2D eigenvalue weighted by Gasteiger charge is -2.09. The smallest absolute Gasteiger partial charge is 0.211 e. The van der Waals surface area contributed by atoms with E-state index in [0.717, 1.165) is 38.1 Å². The maximum Gasteiger partial charge on any atom is 0.211 e. The standard InChI is InChI=1S/C23H16ClN3S2/c1-14-6-8-15(9-7-14)19-13-28-23(26-19)27-22-17-4-2-3-5-20(17)29-21-11-10-16(24)12-18(21)25-22/h2-13H,1H3,(H,25,26,27). The highest BCUT2D eigenvalue weighted by Crippen LogP contribution is 2.40. The first-order chi connectivity index (χ1) is 14.2. The average molecular weight is 434 g/mol. The Balaban J connectivity index is 1.57. The second-order valence-electron chi connectivity index (χ2n) is 6.71. The summed E-state index contributed by atoms with van der Waals surface area (Å²) >= 11 is 9.48. The summed E-state index contributed by atoms with van der Waals surface area (Å²) in [6.45, 7) is 2.08. The fraction of sp³-hybridized carbons (Fsp3) is 0.0435. The molecule has 29 heavy (non-hydrogen) atoms. The third-order valence-electron chi connectivity index (χ3n) is 4.60. The number of rotatable bonds is 2. The summed E-state index contributed by atoms with van der Waals surface area (Å²) in [5, 5.41) is 6.93. The predicted octanol–water partition coefficient (Wildman–Crippen LogP) is 7.43. The highest BCUT2D eigenvalue weighted by atomic mass is 35.5. The van der Waals surface area contributed by atoms with Gasteiger partial charge in [-0.2, -0.15) is 0 Å². The van der Waals surface area contributed by atoms with Gasteiger partial charge in [-0.15, -0.1) is 11.3 Å². The minimum atomic E-state index is 0.693. The summed E-state index contributed by atoms with van der Waals surface area (Å²) in [4.78, 5) is 11.9. The van der Waals surface area contributed by atoms with Crippen LogP contribution < -0.4 is 5.32 Å². The number of aliphatic imine (C=N–C) groups is 1. The maximum atomic E-state index is 6.23. The zero-order chi connectivity index (χ0) is 19.8. The Kier molecular flexibility index (Phi) is 4.87. The number of hydrogen-bond acceptors (Lipinski definition) is 4. The van der Waals surface area contributed by atoms with Crippen LogP contribution in [0.4, 0.5) is 10.8 Å². The number of amidine groups is 1. The molecule has 0 amide bonds. The molecule has 1 aliphatic heterocycles. The van der Waals surface area contributed by atoms with Gasteiger partial charge in [0.1, 0.15) is 5.84 Å². The van der Waals surface area contributed by atoms with Crippen LogP contribution in [0.3, 0.4) is 0 Å². The molecule has 5 rings (SSSR count). The topological polar surface area (TPSA) is 37.3 Å². The summed E-state index contributed by atoms with van der Waals surface area (Å²) < 4.78 is 0. The van der Waals surface area contributed by atoms with Crippen molar-refractivity contribution in [1.82, 2.24) is 4.98 Å². The molecule has 1 aliphatic rings. The molecule has 0 atom stereocenters. The van der Waals surface area contributed by atoms with Crippen molar-refractivity contribution in [2.24, 2.45) is 4.99 Å². The molecule has 0 saturated heterocycles. The molecule has 0 radical (unpaired) electrons. The van der Waals surface area contributed by atoms with Gasteiger partial charge < -0.3 is 5.32 Å². The van der Waals surface area contributed by atoms with Gasteiger partial charge in [-0.3, -0.25) is 0 Å². The second kappa shape index (κ2) is 7.67. The molecule has 142 valence electrons. The monoisotopic (exact) mass is 433 g/mol. The van der Waals surface area contributed by atoms with E-state index in [1.165, 1.54) is 16.9 Å². The molecule has 2 heterocycles. The number of halogens is 1. The molecule has 0 fully saturated rings. The summed E-state index contributed by atoms with van der Waals surface area (Å²) in [7, 11) is 0. The van der Waals surface area contributed by atoms with Crippen LogP contribution in [-0.4, -0.2) is 10.8 Å². The van der Waals surface area contributed by atoms with Gasteiger partial charge >= 0.3 is 0 Å². The summed E-state index contributed by atoms with van der Waals surface area (Å²) in [6, 6.07) is 22.5. The molecule has 4 aromatic rings. The molecule has 3 aromatic carbocycles. The van der Waals surface area contributed by atoms with E-state index < -0.39 is 0 Å². The highest BCUT2D eigenvalue weighted by molar-refractivity contribution is 7.99. The minimum Gasteiger partial charge on any atom is -0.339 e. The summed E-state index contributed by atoms with van der Waals surface area (Å²) in [5.74, 6) is 0.777. The number of hydrogen-bond donors (Lipinski definition) is 1. The third-order valence-corrected chi connectivity index (χ3v) is 6.73. The number of anilines is 1. The van der Waals surface area contributed by atoms with Crippen molar-refractivity contribution in [2.45, 2.75) is 16.7 Å². The molecule has 3 nitrogen and oxygen atoms in total. The van der Waals surface area contributed by atoms with Gasteiger partial charge in [0.15, 0.2) is 0 Å². The molecule has 0 aliphatic carbocycles. The quantitative estimate of drug-likeness (QED) is 0.357. The lowest BCUT2D eigenvalue weighted by atomic mass is 10.1. The normalized spacial score (nSPS) is 14.1. The van der Waals surface area contributed by atoms with Gasteiger partial charge in [-0.1, -0.05) is 71.4 Å². The first kappa shape index (κ1) is 18.4. The third kappa shape index (κ3) is 3.81. The molecule has 0 unspecified atom stereocenters. The van der Waals surface area contributed by atoms with Gasteiger partial charge in [0.25, 0.3) is 0 Å². The van der Waals surface area contributed by atoms with Crippen LogP contribution in [0.5, 0.6) is 0 Å². The zero-order valence-electron chi connectivity index (χ0n) is 15.5. The van der Waals surface area contributed by atoms with Gasteiger partial charge in [-0.05, 0) is 31.2 Å². The van der Waals surface area contributed by atoms with Crippen molar-refractivity contribution in [3.05, 3.63) is 88.3 Å². The Morgan fingerprint density at radius 2 is 1.79 bits per heavy atom. The fourth-order valence-electron chi connectivity index (χ4n) is 3.11.